The molecule has 17 heavy (non-hydrogen) atoms. The molecule has 1 N–H and O–H groups in total. The minimum absolute atomic E-state index is 0.636. The maximum absolute atomic E-state index is 5.54. The van der Waals surface area contributed by atoms with Crippen LogP contribution in [0.1, 0.15) is 5.82 Å². The maximum atomic E-state index is 5.54. The molecule has 0 bridgehead atoms. The van der Waals surface area contributed by atoms with Gasteiger partial charge in [0.25, 0.3) is 0 Å². The van der Waals surface area contributed by atoms with E-state index in [0.717, 1.165) is 18.1 Å². The van der Waals surface area contributed by atoms with Crippen molar-refractivity contribution >= 4 is 0 Å². The second kappa shape index (κ2) is 6.00. The third-order valence-corrected chi connectivity index (χ3v) is 2.22. The van der Waals surface area contributed by atoms with Crippen molar-refractivity contribution in [1.82, 2.24) is 20.1 Å². The summed E-state index contributed by atoms with van der Waals surface area (Å²) in [6.45, 7) is 2.07. The molecule has 0 atom stereocenters. The minimum Gasteiger partial charge on any atom is -0.492 e. The van der Waals surface area contributed by atoms with Gasteiger partial charge in [0.15, 0.2) is 5.82 Å². The molecule has 0 radical (unpaired) electrons. The van der Waals surface area contributed by atoms with E-state index in [1.165, 1.54) is 0 Å². The summed E-state index contributed by atoms with van der Waals surface area (Å²) < 4.78 is 7.23. The molecule has 5 heteroatoms. The molecule has 2 rings (SSSR count). The van der Waals surface area contributed by atoms with Crippen LogP contribution < -0.4 is 10.1 Å². The second-order valence-electron chi connectivity index (χ2n) is 3.67. The lowest BCUT2D eigenvalue weighted by molar-refractivity contribution is 0.313. The zero-order chi connectivity index (χ0) is 11.9. The molecule has 5 nitrogen and oxygen atoms in total. The van der Waals surface area contributed by atoms with Crippen molar-refractivity contribution in [3.8, 4) is 5.75 Å². The predicted octanol–water partition coefficient (Wildman–Crippen LogP) is 0.984. The molecule has 0 aliphatic rings. The molecule has 0 saturated carbocycles. The number of para-hydroxylation sites is 1. The number of benzene rings is 1. The van der Waals surface area contributed by atoms with Crippen LogP contribution >= 0.6 is 0 Å². The van der Waals surface area contributed by atoms with E-state index in [4.69, 9.17) is 4.74 Å². The Kier molecular flexibility index (Phi) is 4.10. The Morgan fingerprint density at radius 1 is 1.29 bits per heavy atom. The fraction of sp³-hybridized carbons (Fsp3) is 0.333. The van der Waals surface area contributed by atoms with Crippen LogP contribution in [0, 0.1) is 0 Å². The first-order valence-electron chi connectivity index (χ1n) is 5.57. The standard InChI is InChI=1S/C12H16N4O/c1-16-10-14-12(15-16)9-13-7-8-17-11-5-3-2-4-6-11/h2-6,10,13H,7-9H2,1H3. The van der Waals surface area contributed by atoms with E-state index in [9.17, 15) is 0 Å². The van der Waals surface area contributed by atoms with Crippen LogP contribution in [-0.4, -0.2) is 27.9 Å². The topological polar surface area (TPSA) is 52.0 Å². The maximum Gasteiger partial charge on any atom is 0.164 e. The monoisotopic (exact) mass is 232 g/mol. The van der Waals surface area contributed by atoms with Gasteiger partial charge in [0.05, 0.1) is 6.54 Å². The normalized spacial score (nSPS) is 10.4. The van der Waals surface area contributed by atoms with Crippen molar-refractivity contribution in [3.05, 3.63) is 42.5 Å². The summed E-state index contributed by atoms with van der Waals surface area (Å²) in [7, 11) is 1.86. The smallest absolute Gasteiger partial charge is 0.164 e. The van der Waals surface area contributed by atoms with Gasteiger partial charge in [-0.15, -0.1) is 0 Å². The first kappa shape index (κ1) is 11.6. The van der Waals surface area contributed by atoms with Gasteiger partial charge in [-0.1, -0.05) is 18.2 Å². The third-order valence-electron chi connectivity index (χ3n) is 2.22. The Morgan fingerprint density at radius 3 is 2.82 bits per heavy atom. The Bertz CT molecular complexity index is 441. The lowest BCUT2D eigenvalue weighted by Gasteiger charge is -2.05. The summed E-state index contributed by atoms with van der Waals surface area (Å²) in [6, 6.07) is 9.78. The van der Waals surface area contributed by atoms with Gasteiger partial charge in [-0.05, 0) is 12.1 Å². The van der Waals surface area contributed by atoms with Crippen LogP contribution in [0.5, 0.6) is 5.75 Å². The van der Waals surface area contributed by atoms with Crippen LogP contribution in [-0.2, 0) is 13.6 Å². The number of rotatable bonds is 6. The van der Waals surface area contributed by atoms with Crippen molar-refractivity contribution < 1.29 is 4.74 Å². The predicted molar refractivity (Wildman–Crippen MR) is 64.6 cm³/mol. The van der Waals surface area contributed by atoms with Gasteiger partial charge in [0, 0.05) is 13.6 Å². The van der Waals surface area contributed by atoms with Crippen molar-refractivity contribution in [3.63, 3.8) is 0 Å². The zero-order valence-electron chi connectivity index (χ0n) is 9.84. The lowest BCUT2D eigenvalue weighted by atomic mass is 10.3. The zero-order valence-corrected chi connectivity index (χ0v) is 9.84. The third kappa shape index (κ3) is 3.88. The highest BCUT2D eigenvalue weighted by Crippen LogP contribution is 2.07. The van der Waals surface area contributed by atoms with Crippen LogP contribution in [0.2, 0.25) is 0 Å². The van der Waals surface area contributed by atoms with Gasteiger partial charge in [0.2, 0.25) is 0 Å². The van der Waals surface area contributed by atoms with Crippen LogP contribution in [0.25, 0.3) is 0 Å². The summed E-state index contributed by atoms with van der Waals surface area (Å²) in [5, 5.41) is 7.39. The first-order chi connectivity index (χ1) is 8.34. The Morgan fingerprint density at radius 2 is 2.12 bits per heavy atom. The van der Waals surface area contributed by atoms with Crippen molar-refractivity contribution in [2.75, 3.05) is 13.2 Å². The second-order valence-corrected chi connectivity index (χ2v) is 3.67. The van der Waals surface area contributed by atoms with Gasteiger partial charge in [0.1, 0.15) is 18.7 Å². The number of ether oxygens (including phenoxy) is 1. The molecule has 0 spiro atoms. The van der Waals surface area contributed by atoms with Crippen LogP contribution in [0.3, 0.4) is 0 Å². The molecule has 1 heterocycles. The average Bonchev–Trinajstić information content (AvgIpc) is 2.76. The molecule has 1 aromatic heterocycles. The Labute approximate surface area is 100 Å². The van der Waals surface area contributed by atoms with E-state index < -0.39 is 0 Å². The molecule has 0 saturated heterocycles. The summed E-state index contributed by atoms with van der Waals surface area (Å²) in [5.41, 5.74) is 0. The van der Waals surface area contributed by atoms with Crippen molar-refractivity contribution in [1.29, 1.82) is 0 Å². The number of nitrogens with one attached hydrogen (secondary N) is 1. The molecule has 0 aliphatic carbocycles. The van der Waals surface area contributed by atoms with Crippen LogP contribution in [0.4, 0.5) is 0 Å². The highest BCUT2D eigenvalue weighted by Gasteiger charge is 1.97. The number of aryl methyl sites for hydroxylation is 1. The summed E-state index contributed by atoms with van der Waals surface area (Å²) in [5.74, 6) is 1.69. The Hall–Kier alpha value is -1.88. The minimum atomic E-state index is 0.636. The average molecular weight is 232 g/mol. The lowest BCUT2D eigenvalue weighted by Crippen LogP contribution is -2.21. The summed E-state index contributed by atoms with van der Waals surface area (Å²) in [6.07, 6.45) is 1.69. The number of nitrogens with zero attached hydrogens (tertiary/aromatic N) is 3. The summed E-state index contributed by atoms with van der Waals surface area (Å²) in [4.78, 5) is 4.12. The molecule has 0 aliphatic heterocycles. The largest absolute Gasteiger partial charge is 0.492 e. The van der Waals surface area contributed by atoms with Gasteiger partial charge >= 0.3 is 0 Å². The van der Waals surface area contributed by atoms with E-state index in [0.29, 0.717) is 13.2 Å². The Balaban J connectivity index is 1.61. The summed E-state index contributed by atoms with van der Waals surface area (Å²) >= 11 is 0. The first-order valence-corrected chi connectivity index (χ1v) is 5.57. The van der Waals surface area contributed by atoms with Crippen molar-refractivity contribution in [2.24, 2.45) is 7.05 Å². The highest BCUT2D eigenvalue weighted by atomic mass is 16.5. The highest BCUT2D eigenvalue weighted by molar-refractivity contribution is 5.20. The quantitative estimate of drug-likeness (QED) is 0.754. The van der Waals surface area contributed by atoms with E-state index in [1.54, 1.807) is 11.0 Å². The fourth-order valence-electron chi connectivity index (χ4n) is 1.42. The molecular formula is C12H16N4O. The molecule has 0 fully saturated rings. The van der Waals surface area contributed by atoms with Crippen LogP contribution in [0.15, 0.2) is 36.7 Å². The van der Waals surface area contributed by atoms with E-state index in [1.807, 2.05) is 37.4 Å². The molecule has 90 valence electrons. The van der Waals surface area contributed by atoms with E-state index >= 15 is 0 Å². The number of hydrogen-bond acceptors (Lipinski definition) is 4. The molecular weight excluding hydrogens is 216 g/mol. The van der Waals surface area contributed by atoms with E-state index in [-0.39, 0.29) is 0 Å². The number of aromatic nitrogens is 3. The molecule has 0 unspecified atom stereocenters. The van der Waals surface area contributed by atoms with Crippen molar-refractivity contribution in [2.45, 2.75) is 6.54 Å². The SMILES string of the molecule is Cn1cnc(CNCCOc2ccccc2)n1. The molecule has 1 aromatic carbocycles. The van der Waals surface area contributed by atoms with Gasteiger partial charge in [-0.2, -0.15) is 5.10 Å². The molecule has 2 aromatic rings. The van der Waals surface area contributed by atoms with Gasteiger partial charge in [-0.25, -0.2) is 4.98 Å². The van der Waals surface area contributed by atoms with Gasteiger partial charge < -0.3 is 10.1 Å². The van der Waals surface area contributed by atoms with Gasteiger partial charge in [-0.3, -0.25) is 4.68 Å². The molecule has 0 amide bonds. The number of hydrogen-bond donors (Lipinski definition) is 1. The van der Waals surface area contributed by atoms with E-state index in [2.05, 4.69) is 15.4 Å². The fourth-order valence-corrected chi connectivity index (χ4v) is 1.42.